The maximum atomic E-state index is 12.6. The highest BCUT2D eigenvalue weighted by molar-refractivity contribution is 5.98. The van der Waals surface area contributed by atoms with Gasteiger partial charge in [0.2, 0.25) is 0 Å². The maximum absolute atomic E-state index is 12.6. The van der Waals surface area contributed by atoms with Crippen LogP contribution in [-0.2, 0) is 0 Å². The molecule has 0 aliphatic heterocycles. The molecule has 1 aromatic heterocycles. The van der Waals surface area contributed by atoms with Gasteiger partial charge in [-0.25, -0.2) is 0 Å². The van der Waals surface area contributed by atoms with Crippen molar-refractivity contribution in [2.45, 2.75) is 39.3 Å². The van der Waals surface area contributed by atoms with Crippen molar-refractivity contribution in [1.29, 1.82) is 0 Å². The first kappa shape index (κ1) is 17.7. The Morgan fingerprint density at radius 2 is 1.83 bits per heavy atom. The largest absolute Gasteiger partial charge is 0.354 e. The summed E-state index contributed by atoms with van der Waals surface area (Å²) in [5.74, 6) is -0.540. The summed E-state index contributed by atoms with van der Waals surface area (Å²) in [5, 5.41) is 9.83. The third kappa shape index (κ3) is 3.82. The standard InChI is InChI=1S/C18H24N4O2/c1-5-12(2)20-18(24)16-11-15(17(23)19-4)21-22(16)13(3)14-9-7-6-8-10-14/h6-13H,5H2,1-4H3,(H,19,23)(H,20,24)/t12-,13+/m1/s1. The second kappa shape index (κ2) is 7.77. The second-order valence-electron chi connectivity index (χ2n) is 5.81. The zero-order valence-corrected chi connectivity index (χ0v) is 14.5. The van der Waals surface area contributed by atoms with E-state index in [9.17, 15) is 9.59 Å². The van der Waals surface area contributed by atoms with Gasteiger partial charge in [-0.15, -0.1) is 0 Å². The van der Waals surface area contributed by atoms with Gasteiger partial charge in [0.15, 0.2) is 5.69 Å². The third-order valence-electron chi connectivity index (χ3n) is 4.07. The van der Waals surface area contributed by atoms with Crippen molar-refractivity contribution >= 4 is 11.8 Å². The summed E-state index contributed by atoms with van der Waals surface area (Å²) < 4.78 is 1.61. The number of nitrogens with zero attached hydrogens (tertiary/aromatic N) is 2. The van der Waals surface area contributed by atoms with Crippen molar-refractivity contribution in [1.82, 2.24) is 20.4 Å². The summed E-state index contributed by atoms with van der Waals surface area (Å²) in [7, 11) is 1.54. The molecule has 6 nitrogen and oxygen atoms in total. The predicted molar refractivity (Wildman–Crippen MR) is 93.1 cm³/mol. The van der Waals surface area contributed by atoms with E-state index in [1.54, 1.807) is 11.7 Å². The van der Waals surface area contributed by atoms with Gasteiger partial charge >= 0.3 is 0 Å². The lowest BCUT2D eigenvalue weighted by Gasteiger charge is -2.17. The van der Waals surface area contributed by atoms with Crippen LogP contribution >= 0.6 is 0 Å². The van der Waals surface area contributed by atoms with Crippen LogP contribution in [-0.4, -0.2) is 34.7 Å². The molecule has 24 heavy (non-hydrogen) atoms. The van der Waals surface area contributed by atoms with E-state index < -0.39 is 0 Å². The first-order valence-electron chi connectivity index (χ1n) is 8.15. The van der Waals surface area contributed by atoms with Gasteiger partial charge in [0, 0.05) is 19.2 Å². The lowest BCUT2D eigenvalue weighted by Crippen LogP contribution is -2.34. The van der Waals surface area contributed by atoms with E-state index >= 15 is 0 Å². The van der Waals surface area contributed by atoms with E-state index in [0.717, 1.165) is 12.0 Å². The van der Waals surface area contributed by atoms with Gasteiger partial charge in [-0.2, -0.15) is 5.10 Å². The maximum Gasteiger partial charge on any atom is 0.271 e. The molecule has 2 amide bonds. The van der Waals surface area contributed by atoms with Gasteiger partial charge in [-0.3, -0.25) is 14.3 Å². The fourth-order valence-corrected chi connectivity index (χ4v) is 2.37. The van der Waals surface area contributed by atoms with Crippen LogP contribution in [0.25, 0.3) is 0 Å². The highest BCUT2D eigenvalue weighted by atomic mass is 16.2. The van der Waals surface area contributed by atoms with Crippen molar-refractivity contribution in [3.8, 4) is 0 Å². The Balaban J connectivity index is 2.42. The molecule has 0 aliphatic rings. The number of amides is 2. The first-order valence-corrected chi connectivity index (χ1v) is 8.15. The van der Waals surface area contributed by atoms with Crippen molar-refractivity contribution in [2.75, 3.05) is 7.05 Å². The van der Waals surface area contributed by atoms with Gasteiger partial charge in [0.05, 0.1) is 6.04 Å². The minimum atomic E-state index is -0.313. The molecule has 128 valence electrons. The minimum absolute atomic E-state index is 0.0522. The monoisotopic (exact) mass is 328 g/mol. The van der Waals surface area contributed by atoms with E-state index in [1.165, 1.54) is 6.07 Å². The van der Waals surface area contributed by atoms with Gasteiger partial charge in [-0.05, 0) is 25.8 Å². The third-order valence-corrected chi connectivity index (χ3v) is 4.07. The Hall–Kier alpha value is -2.63. The molecular weight excluding hydrogens is 304 g/mol. The molecule has 2 N–H and O–H groups in total. The quantitative estimate of drug-likeness (QED) is 0.855. The number of carbonyl (C=O) groups excluding carboxylic acids is 2. The lowest BCUT2D eigenvalue weighted by molar-refractivity contribution is 0.0925. The Labute approximate surface area is 142 Å². The van der Waals surface area contributed by atoms with Crippen molar-refractivity contribution < 1.29 is 9.59 Å². The van der Waals surface area contributed by atoms with Crippen LogP contribution in [0, 0.1) is 0 Å². The average molecular weight is 328 g/mol. The van der Waals surface area contributed by atoms with Crippen molar-refractivity contribution in [3.63, 3.8) is 0 Å². The number of rotatable bonds is 6. The van der Waals surface area contributed by atoms with Gasteiger partial charge in [0.1, 0.15) is 5.69 Å². The van der Waals surface area contributed by atoms with Crippen LogP contribution < -0.4 is 10.6 Å². The number of carbonyl (C=O) groups is 2. The minimum Gasteiger partial charge on any atom is -0.354 e. The molecule has 0 bridgehead atoms. The van der Waals surface area contributed by atoms with E-state index in [0.29, 0.717) is 5.69 Å². The Morgan fingerprint density at radius 3 is 2.42 bits per heavy atom. The van der Waals surface area contributed by atoms with Crippen LogP contribution in [0.15, 0.2) is 36.4 Å². The number of hydrogen-bond donors (Lipinski definition) is 2. The molecule has 2 aromatic rings. The zero-order chi connectivity index (χ0) is 17.7. The van der Waals surface area contributed by atoms with E-state index in [-0.39, 0.29) is 29.6 Å². The molecular formula is C18H24N4O2. The van der Waals surface area contributed by atoms with Gasteiger partial charge < -0.3 is 10.6 Å². The molecule has 1 heterocycles. The van der Waals surface area contributed by atoms with E-state index in [4.69, 9.17) is 0 Å². The molecule has 6 heteroatoms. The smallest absolute Gasteiger partial charge is 0.271 e. The topological polar surface area (TPSA) is 76.0 Å². The molecule has 0 spiro atoms. The van der Waals surface area contributed by atoms with Crippen LogP contribution in [0.5, 0.6) is 0 Å². The summed E-state index contributed by atoms with van der Waals surface area (Å²) in [4.78, 5) is 24.5. The molecule has 0 radical (unpaired) electrons. The molecule has 0 saturated carbocycles. The number of hydrogen-bond acceptors (Lipinski definition) is 3. The van der Waals surface area contributed by atoms with Crippen LogP contribution in [0.1, 0.15) is 59.8 Å². The van der Waals surface area contributed by atoms with Crippen molar-refractivity contribution in [2.24, 2.45) is 0 Å². The molecule has 2 atom stereocenters. The summed E-state index contributed by atoms with van der Waals surface area (Å²) in [6, 6.07) is 11.2. The van der Waals surface area contributed by atoms with Gasteiger partial charge in [0.25, 0.3) is 11.8 Å². The summed E-state index contributed by atoms with van der Waals surface area (Å²) >= 11 is 0. The molecule has 0 saturated heterocycles. The fourth-order valence-electron chi connectivity index (χ4n) is 2.37. The summed E-state index contributed by atoms with van der Waals surface area (Å²) in [6.45, 7) is 5.90. The van der Waals surface area contributed by atoms with E-state index in [2.05, 4.69) is 15.7 Å². The first-order chi connectivity index (χ1) is 11.5. The summed E-state index contributed by atoms with van der Waals surface area (Å²) in [5.41, 5.74) is 1.63. The Morgan fingerprint density at radius 1 is 1.17 bits per heavy atom. The van der Waals surface area contributed by atoms with Gasteiger partial charge in [-0.1, -0.05) is 37.3 Å². The SMILES string of the molecule is CC[C@@H](C)NC(=O)c1cc(C(=O)NC)nn1[C@@H](C)c1ccccc1. The molecule has 0 fully saturated rings. The number of nitrogens with one attached hydrogen (secondary N) is 2. The predicted octanol–water partition coefficient (Wildman–Crippen LogP) is 2.38. The number of benzene rings is 1. The van der Waals surface area contributed by atoms with Crippen LogP contribution in [0.4, 0.5) is 0 Å². The molecule has 0 unspecified atom stereocenters. The molecule has 1 aromatic carbocycles. The highest BCUT2D eigenvalue weighted by Gasteiger charge is 2.23. The molecule has 2 rings (SSSR count). The highest BCUT2D eigenvalue weighted by Crippen LogP contribution is 2.20. The second-order valence-corrected chi connectivity index (χ2v) is 5.81. The fraction of sp³-hybridized carbons (Fsp3) is 0.389. The van der Waals surface area contributed by atoms with E-state index in [1.807, 2.05) is 51.1 Å². The number of aromatic nitrogens is 2. The van der Waals surface area contributed by atoms with Crippen LogP contribution in [0.2, 0.25) is 0 Å². The zero-order valence-electron chi connectivity index (χ0n) is 14.5. The Kier molecular flexibility index (Phi) is 5.73. The summed E-state index contributed by atoms with van der Waals surface area (Å²) in [6.07, 6.45) is 0.830. The lowest BCUT2D eigenvalue weighted by atomic mass is 10.1. The van der Waals surface area contributed by atoms with Crippen molar-refractivity contribution in [3.05, 3.63) is 53.3 Å². The van der Waals surface area contributed by atoms with Crippen LogP contribution in [0.3, 0.4) is 0 Å². The average Bonchev–Trinajstić information content (AvgIpc) is 3.06. The Bertz CT molecular complexity index is 709. The normalized spacial score (nSPS) is 13.2. The molecule has 0 aliphatic carbocycles.